The van der Waals surface area contributed by atoms with Crippen molar-refractivity contribution < 1.29 is 28.8 Å². The fourth-order valence-corrected chi connectivity index (χ4v) is 4.93. The first-order chi connectivity index (χ1) is 17.6. The number of aromatic amines is 2. The van der Waals surface area contributed by atoms with E-state index in [0.29, 0.717) is 42.2 Å². The molecular weight excluding hydrogens is 472 g/mol. The maximum absolute atomic E-state index is 13.9. The quantitative estimate of drug-likeness (QED) is 0.160. The molecule has 3 aromatic rings. The molecule has 1 amide bonds. The number of esters is 1. The van der Waals surface area contributed by atoms with Gasteiger partial charge in [0.2, 0.25) is 12.1 Å². The zero-order chi connectivity index (χ0) is 26.9. The van der Waals surface area contributed by atoms with Crippen LogP contribution < -0.4 is 9.67 Å². The van der Waals surface area contributed by atoms with Gasteiger partial charge in [0, 0.05) is 24.2 Å². The maximum atomic E-state index is 13.9. The lowest BCUT2D eigenvalue weighted by Crippen LogP contribution is -2.36. The monoisotopic (exact) mass is 504 g/mol. The van der Waals surface area contributed by atoms with Gasteiger partial charge in [0.25, 0.3) is 5.91 Å². The number of carbonyl (C=O) groups excluding carboxylic acids is 3. The van der Waals surface area contributed by atoms with Crippen LogP contribution in [-0.2, 0) is 20.9 Å². The molecule has 3 heterocycles. The van der Waals surface area contributed by atoms with Crippen LogP contribution in [0.4, 0.5) is 0 Å². The summed E-state index contributed by atoms with van der Waals surface area (Å²) in [5.74, 6) is -2.36. The predicted octanol–water partition coefficient (Wildman–Crippen LogP) is 2.47. The molecule has 2 N–H and O–H groups in total. The summed E-state index contributed by atoms with van der Waals surface area (Å²) in [6, 6.07) is 6.87. The van der Waals surface area contributed by atoms with Gasteiger partial charge in [0.15, 0.2) is 0 Å². The number of amides is 1. The zero-order valence-corrected chi connectivity index (χ0v) is 21.8. The number of aromatic nitrogens is 3. The number of rotatable bonds is 8. The first-order valence-electron chi connectivity index (χ1n) is 12.3. The summed E-state index contributed by atoms with van der Waals surface area (Å²) in [5.41, 5.74) is 2.90. The van der Waals surface area contributed by atoms with Crippen molar-refractivity contribution in [3.05, 3.63) is 82.2 Å². The summed E-state index contributed by atoms with van der Waals surface area (Å²) in [7, 11) is 1.26. The summed E-state index contributed by atoms with van der Waals surface area (Å²) in [6.45, 7) is 8.40. The number of carbonyl (C=O) groups is 3. The number of ketones is 1. The van der Waals surface area contributed by atoms with Crippen molar-refractivity contribution in [1.29, 1.82) is 0 Å². The summed E-state index contributed by atoms with van der Waals surface area (Å²) in [4.78, 5) is 46.2. The van der Waals surface area contributed by atoms with Crippen molar-refractivity contribution in [2.24, 2.45) is 0 Å². The Labute approximate surface area is 215 Å². The van der Waals surface area contributed by atoms with Crippen LogP contribution >= 0.6 is 0 Å². The average Bonchev–Trinajstić information content (AvgIpc) is 3.57. The van der Waals surface area contributed by atoms with Gasteiger partial charge >= 0.3 is 5.97 Å². The smallest absolute Gasteiger partial charge is 0.354 e. The number of hydrogen-bond acceptors (Lipinski definition) is 5. The molecule has 4 rings (SSSR count). The van der Waals surface area contributed by atoms with Gasteiger partial charge in [0.1, 0.15) is 18.1 Å². The molecule has 1 atom stereocenters. The van der Waals surface area contributed by atoms with E-state index in [4.69, 9.17) is 4.74 Å². The van der Waals surface area contributed by atoms with Gasteiger partial charge in [-0.25, -0.2) is 9.36 Å². The van der Waals surface area contributed by atoms with E-state index < -0.39 is 29.5 Å². The van der Waals surface area contributed by atoms with Gasteiger partial charge in [-0.3, -0.25) is 14.6 Å². The highest BCUT2D eigenvalue weighted by molar-refractivity contribution is 6.46. The standard InChI is InChI=1S/C28H32N4O5/c1-16(2)19-7-9-20(10-8-19)24-22(25(33)21-17(3)23(28(36)37-5)30-18(21)4)26(34)27(35)32(24)13-6-12-31-14-11-29-15-31/h7-11,14-16,24H,6,12-13H2,1-5H3,(H2,30,33,34,36). The second-order valence-corrected chi connectivity index (χ2v) is 9.61. The summed E-state index contributed by atoms with van der Waals surface area (Å²) >= 11 is 0. The third kappa shape index (κ3) is 4.81. The maximum Gasteiger partial charge on any atom is 0.354 e. The first kappa shape index (κ1) is 25.9. The van der Waals surface area contributed by atoms with Crippen LogP contribution in [0, 0.1) is 13.8 Å². The van der Waals surface area contributed by atoms with Crippen LogP contribution in [-0.4, -0.2) is 46.2 Å². The van der Waals surface area contributed by atoms with E-state index in [2.05, 4.69) is 23.8 Å². The molecule has 1 aliphatic heterocycles. The Balaban J connectivity index is 1.80. The molecule has 1 unspecified atom stereocenters. The number of methoxy groups -OCH3 is 1. The van der Waals surface area contributed by atoms with Crippen molar-refractivity contribution in [3.63, 3.8) is 0 Å². The number of Topliss-reactive ketones (excluding diaryl/α,β-unsaturated/α-hetero) is 1. The SMILES string of the molecule is COC(=O)c1[nH]c(C)c(C([O-])=C2C(=O)C(=O)N(CCC[n+]3cc[nH]c3)C2c2ccc(C(C)C)cc2)c1C. The molecule has 1 saturated heterocycles. The lowest BCUT2D eigenvalue weighted by Gasteiger charge is -2.28. The molecule has 194 valence electrons. The van der Waals surface area contributed by atoms with E-state index in [9.17, 15) is 19.5 Å². The van der Waals surface area contributed by atoms with Gasteiger partial charge < -0.3 is 19.7 Å². The number of H-pyrrole nitrogens is 2. The number of hydrogen-bond donors (Lipinski definition) is 2. The molecular formula is C28H32N4O5. The number of benzene rings is 1. The molecule has 0 spiro atoms. The highest BCUT2D eigenvalue weighted by Crippen LogP contribution is 2.40. The molecule has 1 fully saturated rings. The van der Waals surface area contributed by atoms with Crippen LogP contribution in [0.1, 0.15) is 70.7 Å². The number of aryl methyl sites for hydroxylation is 2. The van der Waals surface area contributed by atoms with Crippen LogP contribution in [0.2, 0.25) is 0 Å². The number of ether oxygens (including phenoxy) is 1. The number of likely N-dealkylation sites (tertiary alicyclic amines) is 1. The summed E-state index contributed by atoms with van der Waals surface area (Å²) < 4.78 is 6.77. The Bertz CT molecular complexity index is 1350. The van der Waals surface area contributed by atoms with Crippen LogP contribution in [0.3, 0.4) is 0 Å². The van der Waals surface area contributed by atoms with Crippen LogP contribution in [0.5, 0.6) is 0 Å². The van der Waals surface area contributed by atoms with E-state index >= 15 is 0 Å². The second kappa shape index (κ2) is 10.5. The van der Waals surface area contributed by atoms with Crippen molar-refractivity contribution in [2.45, 2.75) is 52.6 Å². The molecule has 0 radical (unpaired) electrons. The highest BCUT2D eigenvalue weighted by atomic mass is 16.5. The molecule has 1 aromatic carbocycles. The Kier molecular flexibility index (Phi) is 7.33. The minimum absolute atomic E-state index is 0.0989. The van der Waals surface area contributed by atoms with Gasteiger partial charge in [0.05, 0.1) is 19.7 Å². The van der Waals surface area contributed by atoms with Crippen molar-refractivity contribution in [1.82, 2.24) is 14.9 Å². The Morgan fingerprint density at radius 1 is 1.19 bits per heavy atom. The van der Waals surface area contributed by atoms with Crippen molar-refractivity contribution >= 4 is 23.4 Å². The van der Waals surface area contributed by atoms with E-state index in [1.165, 1.54) is 12.0 Å². The fourth-order valence-electron chi connectivity index (χ4n) is 4.93. The fraction of sp³-hybridized carbons (Fsp3) is 0.357. The largest absolute Gasteiger partial charge is 0.872 e. The molecule has 2 aromatic heterocycles. The lowest BCUT2D eigenvalue weighted by atomic mass is 9.92. The summed E-state index contributed by atoms with van der Waals surface area (Å²) in [6.07, 6.45) is 6.10. The first-order valence-corrected chi connectivity index (χ1v) is 12.3. The third-order valence-electron chi connectivity index (χ3n) is 6.92. The van der Waals surface area contributed by atoms with E-state index in [1.54, 1.807) is 20.0 Å². The zero-order valence-electron chi connectivity index (χ0n) is 21.8. The Hall–Kier alpha value is -4.14. The molecule has 0 saturated carbocycles. The number of imidazole rings is 1. The molecule has 37 heavy (non-hydrogen) atoms. The highest BCUT2D eigenvalue weighted by Gasteiger charge is 2.44. The molecule has 9 nitrogen and oxygen atoms in total. The topological polar surface area (TPSA) is 122 Å². The third-order valence-corrected chi connectivity index (χ3v) is 6.92. The van der Waals surface area contributed by atoms with Crippen LogP contribution in [0.25, 0.3) is 5.76 Å². The normalized spacial score (nSPS) is 17.1. The van der Waals surface area contributed by atoms with Crippen molar-refractivity contribution in [2.75, 3.05) is 13.7 Å². The Morgan fingerprint density at radius 2 is 1.89 bits per heavy atom. The predicted molar refractivity (Wildman–Crippen MR) is 134 cm³/mol. The van der Waals surface area contributed by atoms with Crippen LogP contribution in [0.15, 0.2) is 48.6 Å². The minimum Gasteiger partial charge on any atom is -0.872 e. The summed E-state index contributed by atoms with van der Waals surface area (Å²) in [5, 5.41) is 13.9. The van der Waals surface area contributed by atoms with Gasteiger partial charge in [-0.05, 0) is 42.0 Å². The molecule has 0 aliphatic carbocycles. The number of nitrogens with zero attached hydrogens (tertiary/aromatic N) is 2. The number of nitrogens with one attached hydrogen (secondary N) is 2. The van der Waals surface area contributed by atoms with E-state index in [1.807, 2.05) is 41.4 Å². The minimum atomic E-state index is -0.819. The van der Waals surface area contributed by atoms with Gasteiger partial charge in [-0.1, -0.05) is 43.9 Å². The van der Waals surface area contributed by atoms with Crippen molar-refractivity contribution in [3.8, 4) is 0 Å². The molecule has 9 heteroatoms. The Morgan fingerprint density at radius 3 is 2.49 bits per heavy atom. The second-order valence-electron chi connectivity index (χ2n) is 9.61. The average molecular weight is 505 g/mol. The molecule has 1 aliphatic rings. The molecule has 0 bridgehead atoms. The van der Waals surface area contributed by atoms with Gasteiger partial charge in [-0.15, -0.1) is 0 Å². The van der Waals surface area contributed by atoms with E-state index in [0.717, 1.165) is 5.56 Å². The lowest BCUT2D eigenvalue weighted by molar-refractivity contribution is -0.695. The van der Waals surface area contributed by atoms with E-state index in [-0.39, 0.29) is 16.8 Å². The van der Waals surface area contributed by atoms with Gasteiger partial charge in [-0.2, -0.15) is 0 Å².